The van der Waals surface area contributed by atoms with Crippen LogP contribution in [0.15, 0.2) is 30.5 Å². The number of carbonyl (C=O) groups is 1. The van der Waals surface area contributed by atoms with Crippen molar-refractivity contribution in [2.75, 3.05) is 10.6 Å². The van der Waals surface area contributed by atoms with E-state index in [1.807, 2.05) is 0 Å². The molecule has 1 aromatic carbocycles. The lowest BCUT2D eigenvalue weighted by atomic mass is 9.71. The minimum Gasteiger partial charge on any atom is -0.393 e. The Bertz CT molecular complexity index is 930. The Labute approximate surface area is 177 Å². The lowest BCUT2D eigenvalue weighted by Crippen LogP contribution is -2.32. The van der Waals surface area contributed by atoms with Gasteiger partial charge in [-0.15, -0.1) is 0 Å². The monoisotopic (exact) mass is 409 g/mol. The second kappa shape index (κ2) is 8.22. The average molecular weight is 410 g/mol. The molecule has 1 fully saturated rings. The lowest BCUT2D eigenvalue weighted by Gasteiger charge is -2.37. The number of hydrogen-bond acceptors (Lipinski definition) is 6. The molecule has 30 heavy (non-hydrogen) atoms. The highest BCUT2D eigenvalue weighted by Gasteiger charge is 2.32. The number of aliphatic hydroxyl groups is 1. The van der Waals surface area contributed by atoms with E-state index in [9.17, 15) is 9.90 Å². The Morgan fingerprint density at radius 3 is 2.77 bits per heavy atom. The fourth-order valence-electron chi connectivity index (χ4n) is 4.75. The van der Waals surface area contributed by atoms with Gasteiger partial charge in [0.1, 0.15) is 5.82 Å². The van der Waals surface area contributed by atoms with Crippen LogP contribution in [0.2, 0.25) is 0 Å². The maximum atomic E-state index is 11.9. The molecule has 0 spiro atoms. The standard InChI is InChI=1S/C23H31N5O2/c1-23(2)11-10-19(16-8-3-4-9-18(16)23)27-22-25-13-17(20(24)30)21(28-22)26-14-6-5-7-15(29)12-14/h3-4,8-9,13-15,19,29H,5-7,10-12H2,1-2H3,(H2,24,30)(H2,25,26,27,28)/t14-,15+,19?/m1/s1. The summed E-state index contributed by atoms with van der Waals surface area (Å²) >= 11 is 0. The number of carbonyl (C=O) groups excluding carboxylic acids is 1. The maximum Gasteiger partial charge on any atom is 0.254 e. The molecule has 1 saturated carbocycles. The van der Waals surface area contributed by atoms with E-state index in [1.54, 1.807) is 0 Å². The van der Waals surface area contributed by atoms with Crippen LogP contribution in [0, 0.1) is 0 Å². The van der Waals surface area contributed by atoms with Crippen molar-refractivity contribution in [3.63, 3.8) is 0 Å². The second-order valence-electron chi connectivity index (χ2n) is 9.19. The summed E-state index contributed by atoms with van der Waals surface area (Å²) in [5.41, 5.74) is 8.56. The van der Waals surface area contributed by atoms with Crippen molar-refractivity contribution in [3.8, 4) is 0 Å². The summed E-state index contributed by atoms with van der Waals surface area (Å²) in [5.74, 6) is 0.340. The fraction of sp³-hybridized carbons (Fsp3) is 0.522. The summed E-state index contributed by atoms with van der Waals surface area (Å²) in [4.78, 5) is 20.9. The van der Waals surface area contributed by atoms with E-state index in [1.165, 1.54) is 17.3 Å². The molecule has 0 radical (unpaired) electrons. The van der Waals surface area contributed by atoms with E-state index in [0.717, 1.165) is 32.1 Å². The van der Waals surface area contributed by atoms with Crippen molar-refractivity contribution in [1.29, 1.82) is 0 Å². The third-order valence-corrected chi connectivity index (χ3v) is 6.47. The summed E-state index contributed by atoms with van der Waals surface area (Å²) in [6.07, 6.45) is 6.51. The highest BCUT2D eigenvalue weighted by molar-refractivity contribution is 5.97. The quantitative estimate of drug-likeness (QED) is 0.601. The molecular formula is C23H31N5O2. The van der Waals surface area contributed by atoms with Crippen molar-refractivity contribution in [1.82, 2.24) is 9.97 Å². The number of fused-ring (bicyclic) bond motifs is 1. The molecule has 7 heteroatoms. The maximum absolute atomic E-state index is 11.9. The zero-order valence-electron chi connectivity index (χ0n) is 17.7. The summed E-state index contributed by atoms with van der Waals surface area (Å²) in [7, 11) is 0. The number of hydrogen-bond donors (Lipinski definition) is 4. The van der Waals surface area contributed by atoms with Gasteiger partial charge in [-0.25, -0.2) is 4.98 Å². The summed E-state index contributed by atoms with van der Waals surface area (Å²) in [6, 6.07) is 8.68. The van der Waals surface area contributed by atoms with Gasteiger partial charge < -0.3 is 21.5 Å². The number of benzene rings is 1. The third kappa shape index (κ3) is 4.26. The van der Waals surface area contributed by atoms with Gasteiger partial charge in [0.15, 0.2) is 0 Å². The molecule has 0 bridgehead atoms. The number of amides is 1. The van der Waals surface area contributed by atoms with Crippen LogP contribution in [0.3, 0.4) is 0 Å². The van der Waals surface area contributed by atoms with Gasteiger partial charge >= 0.3 is 0 Å². The SMILES string of the molecule is CC1(C)CCC(Nc2ncc(C(N)=O)c(N[C@@H]3CCC[C@H](O)C3)n2)c2ccccc21. The molecule has 2 aromatic rings. The summed E-state index contributed by atoms with van der Waals surface area (Å²) in [6.45, 7) is 4.56. The largest absolute Gasteiger partial charge is 0.393 e. The van der Waals surface area contributed by atoms with Crippen LogP contribution in [-0.4, -0.2) is 33.1 Å². The van der Waals surface area contributed by atoms with Gasteiger partial charge in [-0.2, -0.15) is 4.98 Å². The first-order valence-corrected chi connectivity index (χ1v) is 10.8. The van der Waals surface area contributed by atoms with Crippen LogP contribution in [-0.2, 0) is 5.41 Å². The number of aliphatic hydroxyl groups excluding tert-OH is 1. The highest BCUT2D eigenvalue weighted by atomic mass is 16.3. The Morgan fingerprint density at radius 1 is 1.20 bits per heavy atom. The lowest BCUT2D eigenvalue weighted by molar-refractivity contribution is 0.100. The summed E-state index contributed by atoms with van der Waals surface area (Å²) < 4.78 is 0. The van der Waals surface area contributed by atoms with Crippen LogP contribution < -0.4 is 16.4 Å². The van der Waals surface area contributed by atoms with E-state index >= 15 is 0 Å². The van der Waals surface area contributed by atoms with E-state index in [2.05, 4.69) is 58.7 Å². The predicted molar refractivity (Wildman–Crippen MR) is 118 cm³/mol. The Hall–Kier alpha value is -2.67. The van der Waals surface area contributed by atoms with Crippen LogP contribution in [0.5, 0.6) is 0 Å². The van der Waals surface area contributed by atoms with Crippen LogP contribution >= 0.6 is 0 Å². The molecule has 5 N–H and O–H groups in total. The molecule has 4 rings (SSSR count). The van der Waals surface area contributed by atoms with Crippen molar-refractivity contribution >= 4 is 17.7 Å². The Morgan fingerprint density at radius 2 is 2.00 bits per heavy atom. The molecule has 1 aromatic heterocycles. The van der Waals surface area contributed by atoms with Gasteiger partial charge in [0.05, 0.1) is 17.7 Å². The fourth-order valence-corrected chi connectivity index (χ4v) is 4.75. The summed E-state index contributed by atoms with van der Waals surface area (Å²) in [5, 5.41) is 16.7. The number of anilines is 2. The average Bonchev–Trinajstić information content (AvgIpc) is 2.70. The van der Waals surface area contributed by atoms with Gasteiger partial charge in [-0.1, -0.05) is 38.1 Å². The van der Waals surface area contributed by atoms with Crippen LogP contribution in [0.4, 0.5) is 11.8 Å². The second-order valence-corrected chi connectivity index (χ2v) is 9.19. The Balaban J connectivity index is 1.58. The molecule has 160 valence electrons. The van der Waals surface area contributed by atoms with Gasteiger partial charge in [-0.05, 0) is 55.1 Å². The molecule has 0 saturated heterocycles. The molecule has 0 aliphatic heterocycles. The van der Waals surface area contributed by atoms with Crippen molar-refractivity contribution < 1.29 is 9.90 Å². The number of nitrogens with two attached hydrogens (primary N) is 1. The molecule has 3 atom stereocenters. The molecule has 2 aliphatic carbocycles. The van der Waals surface area contributed by atoms with Crippen LogP contribution in [0.1, 0.15) is 79.9 Å². The smallest absolute Gasteiger partial charge is 0.254 e. The number of aromatic nitrogens is 2. The number of nitrogens with one attached hydrogen (secondary N) is 2. The van der Waals surface area contributed by atoms with Crippen molar-refractivity contribution in [2.24, 2.45) is 5.73 Å². The predicted octanol–water partition coefficient (Wildman–Crippen LogP) is 3.52. The van der Waals surface area contributed by atoms with Gasteiger partial charge in [0.25, 0.3) is 5.91 Å². The number of rotatable bonds is 5. The van der Waals surface area contributed by atoms with Crippen LogP contribution in [0.25, 0.3) is 0 Å². The third-order valence-electron chi connectivity index (χ3n) is 6.47. The van der Waals surface area contributed by atoms with E-state index in [4.69, 9.17) is 5.73 Å². The first-order chi connectivity index (χ1) is 14.3. The highest BCUT2D eigenvalue weighted by Crippen LogP contribution is 2.42. The molecule has 7 nitrogen and oxygen atoms in total. The zero-order chi connectivity index (χ0) is 21.3. The normalized spacial score (nSPS) is 25.2. The van der Waals surface area contributed by atoms with E-state index < -0.39 is 5.91 Å². The minimum atomic E-state index is -0.565. The topological polar surface area (TPSA) is 113 Å². The zero-order valence-corrected chi connectivity index (χ0v) is 17.7. The van der Waals surface area contributed by atoms with Gasteiger partial charge in [0, 0.05) is 12.2 Å². The first kappa shape index (κ1) is 20.6. The van der Waals surface area contributed by atoms with E-state index in [-0.39, 0.29) is 29.2 Å². The number of nitrogens with zero attached hydrogens (tertiary/aromatic N) is 2. The van der Waals surface area contributed by atoms with E-state index in [0.29, 0.717) is 18.2 Å². The van der Waals surface area contributed by atoms with Crippen molar-refractivity contribution in [2.45, 2.75) is 76.0 Å². The number of primary amides is 1. The molecule has 2 aliphatic rings. The molecule has 1 amide bonds. The first-order valence-electron chi connectivity index (χ1n) is 10.8. The van der Waals surface area contributed by atoms with Crippen molar-refractivity contribution in [3.05, 3.63) is 47.2 Å². The molecule has 1 heterocycles. The Kier molecular flexibility index (Phi) is 5.64. The molecular weight excluding hydrogens is 378 g/mol. The van der Waals surface area contributed by atoms with Gasteiger partial charge in [-0.3, -0.25) is 4.79 Å². The van der Waals surface area contributed by atoms with Gasteiger partial charge in [0.2, 0.25) is 5.95 Å². The minimum absolute atomic E-state index is 0.0609. The molecule has 1 unspecified atom stereocenters.